The van der Waals surface area contributed by atoms with Gasteiger partial charge < -0.3 is 9.64 Å². The van der Waals surface area contributed by atoms with Gasteiger partial charge in [0.15, 0.2) is 0 Å². The number of amides is 1. The van der Waals surface area contributed by atoms with Crippen LogP contribution in [0.5, 0.6) is 5.75 Å². The predicted molar refractivity (Wildman–Crippen MR) is 85.2 cm³/mol. The molecule has 1 aliphatic heterocycles. The Balaban J connectivity index is 1.55. The first-order chi connectivity index (χ1) is 10.7. The van der Waals surface area contributed by atoms with E-state index in [9.17, 15) is 4.79 Å². The molecule has 1 fully saturated rings. The second kappa shape index (κ2) is 6.87. The number of hydrogen-bond donors (Lipinski definition) is 0. The van der Waals surface area contributed by atoms with Gasteiger partial charge in [-0.25, -0.2) is 4.98 Å². The van der Waals surface area contributed by atoms with Gasteiger partial charge >= 0.3 is 0 Å². The van der Waals surface area contributed by atoms with Crippen LogP contribution in [0.4, 0.5) is 0 Å². The molecule has 2 aromatic heterocycles. The molecule has 0 spiro atoms. The van der Waals surface area contributed by atoms with Crippen molar-refractivity contribution in [1.29, 1.82) is 0 Å². The molecule has 1 atom stereocenters. The van der Waals surface area contributed by atoms with Crippen molar-refractivity contribution in [2.75, 3.05) is 19.7 Å². The maximum atomic E-state index is 12.3. The molecule has 22 heavy (non-hydrogen) atoms. The number of aryl methyl sites for hydroxylation is 1. The van der Waals surface area contributed by atoms with Crippen LogP contribution in [0.25, 0.3) is 0 Å². The summed E-state index contributed by atoms with van der Waals surface area (Å²) >= 11 is 1.45. The monoisotopic (exact) mass is 317 g/mol. The van der Waals surface area contributed by atoms with Crippen molar-refractivity contribution < 1.29 is 9.53 Å². The van der Waals surface area contributed by atoms with Gasteiger partial charge in [0.2, 0.25) is 0 Å². The van der Waals surface area contributed by atoms with Crippen molar-refractivity contribution >= 4 is 17.2 Å². The minimum Gasteiger partial charge on any atom is -0.493 e. The number of carbonyl (C=O) groups excluding carboxylic acids is 1. The number of likely N-dealkylation sites (tertiary alicyclic amines) is 1. The van der Waals surface area contributed by atoms with Crippen LogP contribution in [-0.2, 0) is 0 Å². The third kappa shape index (κ3) is 3.62. The Morgan fingerprint density at radius 2 is 2.41 bits per heavy atom. The van der Waals surface area contributed by atoms with Gasteiger partial charge in [0.1, 0.15) is 11.4 Å². The lowest BCUT2D eigenvalue weighted by molar-refractivity contribution is 0.0628. The molecule has 0 aromatic carbocycles. The summed E-state index contributed by atoms with van der Waals surface area (Å²) in [4.78, 5) is 22.5. The zero-order valence-corrected chi connectivity index (χ0v) is 13.4. The van der Waals surface area contributed by atoms with Gasteiger partial charge in [-0.2, -0.15) is 0 Å². The van der Waals surface area contributed by atoms with Crippen LogP contribution in [-0.4, -0.2) is 40.5 Å². The molecule has 1 amide bonds. The van der Waals surface area contributed by atoms with Crippen molar-refractivity contribution in [3.63, 3.8) is 0 Å². The Kier molecular flexibility index (Phi) is 4.68. The number of hydrogen-bond acceptors (Lipinski definition) is 5. The molecule has 0 radical (unpaired) electrons. The lowest BCUT2D eigenvalue weighted by atomic mass is 9.99. The molecule has 2 aromatic rings. The van der Waals surface area contributed by atoms with E-state index in [1.54, 1.807) is 11.7 Å². The molecule has 6 heteroatoms. The molecular weight excluding hydrogens is 298 g/mol. The van der Waals surface area contributed by atoms with E-state index in [1.165, 1.54) is 11.3 Å². The molecule has 3 heterocycles. The van der Waals surface area contributed by atoms with Gasteiger partial charge in [0.05, 0.1) is 12.1 Å². The van der Waals surface area contributed by atoms with Crippen molar-refractivity contribution in [3.8, 4) is 5.75 Å². The highest BCUT2D eigenvalue weighted by Crippen LogP contribution is 2.20. The number of aromatic nitrogens is 2. The highest BCUT2D eigenvalue weighted by Gasteiger charge is 2.25. The van der Waals surface area contributed by atoms with Gasteiger partial charge in [-0.15, -0.1) is 11.3 Å². The molecule has 5 nitrogen and oxygen atoms in total. The number of nitrogens with zero attached hydrogens (tertiary/aromatic N) is 3. The van der Waals surface area contributed by atoms with E-state index in [0.717, 1.165) is 37.4 Å². The molecule has 0 aliphatic carbocycles. The van der Waals surface area contributed by atoms with Gasteiger partial charge in [-0.1, -0.05) is 0 Å². The number of carbonyl (C=O) groups is 1. The summed E-state index contributed by atoms with van der Waals surface area (Å²) in [6.45, 7) is 4.12. The van der Waals surface area contributed by atoms with E-state index in [2.05, 4.69) is 9.97 Å². The van der Waals surface area contributed by atoms with Gasteiger partial charge in [-0.3, -0.25) is 9.78 Å². The van der Waals surface area contributed by atoms with Crippen LogP contribution in [0.3, 0.4) is 0 Å². The normalized spacial score (nSPS) is 18.2. The second-order valence-corrected chi connectivity index (χ2v) is 6.30. The van der Waals surface area contributed by atoms with Crippen LogP contribution in [0.2, 0.25) is 0 Å². The zero-order valence-electron chi connectivity index (χ0n) is 12.6. The Morgan fingerprint density at radius 1 is 1.50 bits per heavy atom. The highest BCUT2D eigenvalue weighted by molar-refractivity contribution is 7.07. The minimum atomic E-state index is 0.0331. The number of piperidine rings is 1. The third-order valence-corrected chi connectivity index (χ3v) is 4.40. The third-order valence-electron chi connectivity index (χ3n) is 3.81. The van der Waals surface area contributed by atoms with Crippen LogP contribution < -0.4 is 4.74 Å². The van der Waals surface area contributed by atoms with Crippen molar-refractivity contribution in [2.45, 2.75) is 19.8 Å². The molecular formula is C16H19N3O2S. The average molecular weight is 317 g/mol. The average Bonchev–Trinajstić information content (AvgIpc) is 3.07. The van der Waals surface area contributed by atoms with Crippen LogP contribution in [0.15, 0.2) is 29.2 Å². The second-order valence-electron chi connectivity index (χ2n) is 5.58. The zero-order chi connectivity index (χ0) is 15.4. The van der Waals surface area contributed by atoms with Gasteiger partial charge in [0.25, 0.3) is 5.91 Å². The summed E-state index contributed by atoms with van der Waals surface area (Å²) in [5.74, 6) is 1.24. The van der Waals surface area contributed by atoms with E-state index >= 15 is 0 Å². The number of ether oxygens (including phenoxy) is 1. The van der Waals surface area contributed by atoms with Crippen LogP contribution in [0, 0.1) is 12.8 Å². The van der Waals surface area contributed by atoms with Crippen molar-refractivity contribution in [2.24, 2.45) is 5.92 Å². The molecule has 0 N–H and O–H groups in total. The molecule has 1 saturated heterocycles. The van der Waals surface area contributed by atoms with E-state index in [0.29, 0.717) is 18.2 Å². The smallest absolute Gasteiger partial charge is 0.273 e. The SMILES string of the molecule is Cc1cc(OCC2CCCN(C(=O)c3cscn3)C2)ccn1. The van der Waals surface area contributed by atoms with E-state index in [1.807, 2.05) is 29.3 Å². The first kappa shape index (κ1) is 15.0. The maximum absolute atomic E-state index is 12.3. The number of thiazole rings is 1. The fourth-order valence-electron chi connectivity index (χ4n) is 2.69. The Bertz CT molecular complexity index is 630. The highest BCUT2D eigenvalue weighted by atomic mass is 32.1. The van der Waals surface area contributed by atoms with Crippen molar-refractivity contribution in [3.05, 3.63) is 40.6 Å². The summed E-state index contributed by atoms with van der Waals surface area (Å²) in [5, 5.41) is 1.81. The Labute approximate surface area is 134 Å². The molecule has 1 aliphatic rings. The van der Waals surface area contributed by atoms with Gasteiger partial charge in [0, 0.05) is 42.3 Å². The number of pyridine rings is 1. The number of rotatable bonds is 4. The summed E-state index contributed by atoms with van der Waals surface area (Å²) < 4.78 is 5.85. The first-order valence-corrected chi connectivity index (χ1v) is 8.39. The molecule has 0 saturated carbocycles. The molecule has 1 unspecified atom stereocenters. The fraction of sp³-hybridized carbons (Fsp3) is 0.438. The summed E-state index contributed by atoms with van der Waals surface area (Å²) in [6, 6.07) is 3.80. The van der Waals surface area contributed by atoms with Crippen LogP contribution in [0.1, 0.15) is 29.0 Å². The molecule has 3 rings (SSSR count). The van der Waals surface area contributed by atoms with E-state index in [4.69, 9.17) is 4.74 Å². The van der Waals surface area contributed by atoms with E-state index in [-0.39, 0.29) is 5.91 Å². The summed E-state index contributed by atoms with van der Waals surface area (Å²) in [7, 11) is 0. The Hall–Kier alpha value is -1.95. The maximum Gasteiger partial charge on any atom is 0.273 e. The lowest BCUT2D eigenvalue weighted by Gasteiger charge is -2.32. The topological polar surface area (TPSA) is 55.3 Å². The summed E-state index contributed by atoms with van der Waals surface area (Å²) in [6.07, 6.45) is 3.85. The summed E-state index contributed by atoms with van der Waals surface area (Å²) in [5.41, 5.74) is 3.20. The predicted octanol–water partition coefficient (Wildman–Crippen LogP) is 2.78. The largest absolute Gasteiger partial charge is 0.493 e. The quantitative estimate of drug-likeness (QED) is 0.870. The lowest BCUT2D eigenvalue weighted by Crippen LogP contribution is -2.41. The van der Waals surface area contributed by atoms with E-state index < -0.39 is 0 Å². The standard InChI is InChI=1S/C16H19N3O2S/c1-12-7-14(4-5-17-12)21-9-13-3-2-6-19(8-13)16(20)15-10-22-11-18-15/h4-5,7,10-11,13H,2-3,6,8-9H2,1H3. The fourth-order valence-corrected chi connectivity index (χ4v) is 3.21. The minimum absolute atomic E-state index is 0.0331. The first-order valence-electron chi connectivity index (χ1n) is 7.45. The molecule has 116 valence electrons. The van der Waals surface area contributed by atoms with Crippen molar-refractivity contribution in [1.82, 2.24) is 14.9 Å². The Morgan fingerprint density at radius 3 is 3.18 bits per heavy atom. The van der Waals surface area contributed by atoms with Crippen LogP contribution >= 0.6 is 11.3 Å². The molecule has 0 bridgehead atoms. The van der Waals surface area contributed by atoms with Gasteiger partial charge in [-0.05, 0) is 25.8 Å².